The Labute approximate surface area is 219 Å². The van der Waals surface area contributed by atoms with Gasteiger partial charge in [0, 0.05) is 25.7 Å². The third-order valence-electron chi connectivity index (χ3n) is 6.43. The van der Waals surface area contributed by atoms with E-state index in [1.165, 1.54) is 0 Å². The van der Waals surface area contributed by atoms with Gasteiger partial charge in [0.2, 0.25) is 0 Å². The summed E-state index contributed by atoms with van der Waals surface area (Å²) in [6.45, 7) is 2.25. The van der Waals surface area contributed by atoms with E-state index < -0.39 is 50.8 Å². The highest BCUT2D eigenvalue weighted by Gasteiger charge is 2.39. The molecule has 1 aliphatic carbocycles. The molecule has 1 rings (SSSR count). The SMILES string of the molecule is CCCCC[C@H](O)/C=C/[C@@H]1[C@@H](CCCCCCC(=O)OC[C@H](COP(=O)(O)O)OC(C)=O)[C@@H](O)C[C@H]1O. The number of hydrogen-bond acceptors (Lipinski definition) is 9. The molecule has 12 heteroatoms. The van der Waals surface area contributed by atoms with E-state index in [1.807, 2.05) is 6.08 Å². The van der Waals surface area contributed by atoms with Gasteiger partial charge in [0.05, 0.1) is 24.9 Å². The van der Waals surface area contributed by atoms with Crippen molar-refractivity contribution in [2.45, 2.75) is 109 Å². The van der Waals surface area contributed by atoms with Gasteiger partial charge in [0.25, 0.3) is 0 Å². The molecule has 1 saturated carbocycles. The van der Waals surface area contributed by atoms with Crippen LogP contribution in [-0.2, 0) is 28.2 Å². The van der Waals surface area contributed by atoms with Crippen molar-refractivity contribution >= 4 is 19.8 Å². The molecule has 0 unspecified atom stereocenters. The van der Waals surface area contributed by atoms with Gasteiger partial charge in [0.15, 0.2) is 6.10 Å². The van der Waals surface area contributed by atoms with Crippen LogP contribution in [0.15, 0.2) is 12.2 Å². The van der Waals surface area contributed by atoms with Crippen LogP contribution in [0.25, 0.3) is 0 Å². The number of carbonyl (C=O) groups excluding carboxylic acids is 2. The number of rotatable bonds is 19. The summed E-state index contributed by atoms with van der Waals surface area (Å²) in [6.07, 6.45) is 8.67. The van der Waals surface area contributed by atoms with E-state index in [0.717, 1.165) is 51.9 Å². The Balaban J connectivity index is 2.32. The molecule has 0 bridgehead atoms. The second-order valence-electron chi connectivity index (χ2n) is 9.71. The van der Waals surface area contributed by atoms with Crippen molar-refractivity contribution < 1.29 is 53.3 Å². The molecule has 0 amide bonds. The van der Waals surface area contributed by atoms with Gasteiger partial charge in [-0.1, -0.05) is 57.6 Å². The van der Waals surface area contributed by atoms with Crippen LogP contribution < -0.4 is 0 Å². The predicted octanol–water partition coefficient (Wildman–Crippen LogP) is 2.77. The van der Waals surface area contributed by atoms with E-state index in [9.17, 15) is 29.5 Å². The number of unbranched alkanes of at least 4 members (excludes halogenated alkanes) is 5. The lowest BCUT2D eigenvalue weighted by molar-refractivity contribution is -0.159. The third kappa shape index (κ3) is 15.6. The van der Waals surface area contributed by atoms with Crippen LogP contribution in [-0.4, -0.2) is 74.7 Å². The fourth-order valence-electron chi connectivity index (χ4n) is 4.53. The summed E-state index contributed by atoms with van der Waals surface area (Å²) in [6, 6.07) is 0. The molecule has 0 aromatic carbocycles. The van der Waals surface area contributed by atoms with Gasteiger partial charge in [-0.25, -0.2) is 4.57 Å². The van der Waals surface area contributed by atoms with Gasteiger partial charge in [-0.3, -0.25) is 14.1 Å². The summed E-state index contributed by atoms with van der Waals surface area (Å²) >= 11 is 0. The molecule has 0 aliphatic heterocycles. The predicted molar refractivity (Wildman–Crippen MR) is 135 cm³/mol. The topological polar surface area (TPSA) is 180 Å². The number of ether oxygens (including phenoxy) is 2. The molecule has 0 aromatic rings. The lowest BCUT2D eigenvalue weighted by atomic mass is 9.88. The maximum Gasteiger partial charge on any atom is 0.469 e. The van der Waals surface area contributed by atoms with Crippen LogP contribution in [0.1, 0.15) is 84.5 Å². The summed E-state index contributed by atoms with van der Waals surface area (Å²) in [4.78, 5) is 40.6. The molecule has 1 fully saturated rings. The zero-order valence-electron chi connectivity index (χ0n) is 21.9. The largest absolute Gasteiger partial charge is 0.469 e. The van der Waals surface area contributed by atoms with Crippen molar-refractivity contribution in [1.82, 2.24) is 0 Å². The lowest BCUT2D eigenvalue weighted by Gasteiger charge is -2.21. The molecule has 0 spiro atoms. The molecule has 11 nitrogen and oxygen atoms in total. The smallest absolute Gasteiger partial charge is 0.462 e. The average molecular weight is 553 g/mol. The van der Waals surface area contributed by atoms with Crippen LogP contribution in [0.2, 0.25) is 0 Å². The van der Waals surface area contributed by atoms with E-state index in [4.69, 9.17) is 19.3 Å². The minimum atomic E-state index is -4.75. The van der Waals surface area contributed by atoms with Crippen molar-refractivity contribution in [2.75, 3.05) is 13.2 Å². The quantitative estimate of drug-likeness (QED) is 0.0688. The third-order valence-corrected chi connectivity index (χ3v) is 6.92. The molecule has 1 aliphatic rings. The van der Waals surface area contributed by atoms with Crippen LogP contribution in [0.3, 0.4) is 0 Å². The molecule has 0 radical (unpaired) electrons. The molecule has 0 heterocycles. The average Bonchev–Trinajstić information content (AvgIpc) is 3.07. The Hall–Kier alpha value is -1.33. The summed E-state index contributed by atoms with van der Waals surface area (Å²) in [5.41, 5.74) is 0. The molecule has 37 heavy (non-hydrogen) atoms. The van der Waals surface area contributed by atoms with Crippen LogP contribution >= 0.6 is 7.82 Å². The molecule has 6 atom stereocenters. The number of hydrogen-bond donors (Lipinski definition) is 5. The Bertz CT molecular complexity index is 738. The summed E-state index contributed by atoms with van der Waals surface area (Å²) in [5.74, 6) is -1.49. The maximum atomic E-state index is 12.0. The van der Waals surface area contributed by atoms with Crippen molar-refractivity contribution in [1.29, 1.82) is 0 Å². The first-order valence-corrected chi connectivity index (χ1v) is 14.7. The van der Waals surface area contributed by atoms with E-state index in [1.54, 1.807) is 6.08 Å². The van der Waals surface area contributed by atoms with E-state index in [-0.39, 0.29) is 24.9 Å². The normalized spacial score (nSPS) is 23.8. The highest BCUT2D eigenvalue weighted by atomic mass is 31.2. The van der Waals surface area contributed by atoms with Gasteiger partial charge in [-0.05, 0) is 25.2 Å². The summed E-state index contributed by atoms with van der Waals surface area (Å²) in [7, 11) is -4.75. The minimum absolute atomic E-state index is 0.0763. The zero-order chi connectivity index (χ0) is 27.8. The first-order valence-electron chi connectivity index (χ1n) is 13.2. The Morgan fingerprint density at radius 1 is 1.03 bits per heavy atom. The number of phosphoric ester groups is 1. The van der Waals surface area contributed by atoms with Crippen molar-refractivity contribution in [2.24, 2.45) is 11.8 Å². The second kappa shape index (κ2) is 18.0. The number of phosphoric acid groups is 1. The first-order chi connectivity index (χ1) is 17.4. The highest BCUT2D eigenvalue weighted by Crippen LogP contribution is 2.37. The number of esters is 2. The standard InChI is InChI=1S/C25H45O11P/c1-3-4-7-10-19(27)13-14-22-21(23(28)15-24(22)29)11-8-5-6-9-12-25(30)34-16-20(36-18(2)26)17-35-37(31,32)33/h13-14,19-24,27-29H,3-12,15-17H2,1-2H3,(H2,31,32,33)/b14-13+/t19-,20+,21+,22+,23-,24+/m0/s1. The van der Waals surface area contributed by atoms with Gasteiger partial charge >= 0.3 is 19.8 Å². The fraction of sp³-hybridized carbons (Fsp3) is 0.840. The van der Waals surface area contributed by atoms with Gasteiger partial charge < -0.3 is 34.6 Å². The molecule has 0 saturated heterocycles. The monoisotopic (exact) mass is 552 g/mol. The van der Waals surface area contributed by atoms with Crippen molar-refractivity contribution in [3.63, 3.8) is 0 Å². The summed E-state index contributed by atoms with van der Waals surface area (Å²) in [5, 5.41) is 30.9. The highest BCUT2D eigenvalue weighted by molar-refractivity contribution is 7.46. The number of aliphatic hydroxyl groups is 3. The van der Waals surface area contributed by atoms with Crippen LogP contribution in [0, 0.1) is 11.8 Å². The van der Waals surface area contributed by atoms with Crippen LogP contribution in [0.5, 0.6) is 0 Å². The van der Waals surface area contributed by atoms with Crippen LogP contribution in [0.4, 0.5) is 0 Å². The Kier molecular flexibility index (Phi) is 16.4. The molecular weight excluding hydrogens is 507 g/mol. The molecule has 216 valence electrons. The van der Waals surface area contributed by atoms with Gasteiger partial charge in [-0.15, -0.1) is 0 Å². The van der Waals surface area contributed by atoms with E-state index in [0.29, 0.717) is 19.3 Å². The summed E-state index contributed by atoms with van der Waals surface area (Å²) < 4.78 is 25.0. The van der Waals surface area contributed by atoms with Crippen molar-refractivity contribution in [3.8, 4) is 0 Å². The van der Waals surface area contributed by atoms with E-state index >= 15 is 0 Å². The first kappa shape index (κ1) is 33.7. The molecular formula is C25H45O11P. The molecule has 5 N–H and O–H groups in total. The fourth-order valence-corrected chi connectivity index (χ4v) is 4.89. The zero-order valence-corrected chi connectivity index (χ0v) is 22.8. The van der Waals surface area contributed by atoms with Gasteiger partial charge in [-0.2, -0.15) is 0 Å². The number of carbonyl (C=O) groups is 2. The van der Waals surface area contributed by atoms with Gasteiger partial charge in [0.1, 0.15) is 6.61 Å². The lowest BCUT2D eigenvalue weighted by Crippen LogP contribution is -2.28. The Morgan fingerprint density at radius 3 is 2.38 bits per heavy atom. The van der Waals surface area contributed by atoms with Crippen molar-refractivity contribution in [3.05, 3.63) is 12.2 Å². The minimum Gasteiger partial charge on any atom is -0.462 e. The van der Waals surface area contributed by atoms with E-state index in [2.05, 4.69) is 11.4 Å². The second-order valence-corrected chi connectivity index (χ2v) is 11.0. The maximum absolute atomic E-state index is 12.0. The molecule has 0 aromatic heterocycles. The Morgan fingerprint density at radius 2 is 1.73 bits per heavy atom. The number of aliphatic hydroxyl groups excluding tert-OH is 3.